The van der Waals surface area contributed by atoms with Crippen molar-refractivity contribution >= 4 is 5.97 Å². The number of esters is 1. The van der Waals surface area contributed by atoms with E-state index in [9.17, 15) is 4.79 Å². The minimum atomic E-state index is -0.0704. The monoisotopic (exact) mass is 213 g/mol. The summed E-state index contributed by atoms with van der Waals surface area (Å²) in [7, 11) is 0. The van der Waals surface area contributed by atoms with E-state index in [1.54, 1.807) is 0 Å². The Balaban J connectivity index is 1.65. The first-order chi connectivity index (χ1) is 7.36. The lowest BCUT2D eigenvalue weighted by Crippen LogP contribution is -2.34. The molecule has 0 bridgehead atoms. The first-order valence-corrected chi connectivity index (χ1v) is 5.84. The van der Waals surface area contributed by atoms with Crippen molar-refractivity contribution in [3.05, 3.63) is 0 Å². The molecule has 0 aliphatic carbocycles. The van der Waals surface area contributed by atoms with Crippen LogP contribution in [0.15, 0.2) is 0 Å². The summed E-state index contributed by atoms with van der Waals surface area (Å²) in [5.41, 5.74) is 0. The molecule has 0 amide bonds. The Morgan fingerprint density at radius 3 is 2.80 bits per heavy atom. The first kappa shape index (κ1) is 10.9. The molecule has 0 aromatic carbocycles. The van der Waals surface area contributed by atoms with Gasteiger partial charge in [0.1, 0.15) is 6.04 Å². The van der Waals surface area contributed by atoms with Crippen LogP contribution in [0.4, 0.5) is 0 Å². The zero-order valence-electron chi connectivity index (χ0n) is 9.04. The average molecular weight is 213 g/mol. The Hall–Kier alpha value is -0.610. The van der Waals surface area contributed by atoms with Gasteiger partial charge in [0.05, 0.1) is 6.61 Å². The van der Waals surface area contributed by atoms with Gasteiger partial charge in [-0.25, -0.2) is 0 Å². The summed E-state index contributed by atoms with van der Waals surface area (Å²) in [6.07, 6.45) is 4.04. The molecule has 2 aliphatic heterocycles. The predicted octanol–water partition coefficient (Wildman–Crippen LogP) is 0.708. The van der Waals surface area contributed by atoms with Gasteiger partial charge in [-0.1, -0.05) is 0 Å². The van der Waals surface area contributed by atoms with E-state index in [4.69, 9.17) is 9.47 Å². The molecule has 2 saturated heterocycles. The Bertz CT molecular complexity index is 208. The summed E-state index contributed by atoms with van der Waals surface area (Å²) in [4.78, 5) is 11.6. The van der Waals surface area contributed by atoms with Crippen LogP contribution in [0.1, 0.15) is 25.7 Å². The Morgan fingerprint density at radius 1 is 1.33 bits per heavy atom. The molecule has 1 atom stereocenters. The highest BCUT2D eigenvalue weighted by molar-refractivity contribution is 5.76. The molecule has 4 heteroatoms. The molecule has 0 radical (unpaired) electrons. The normalized spacial score (nSPS) is 27.9. The van der Waals surface area contributed by atoms with Gasteiger partial charge in [0.2, 0.25) is 0 Å². The van der Waals surface area contributed by atoms with Crippen molar-refractivity contribution in [2.45, 2.75) is 31.7 Å². The minimum absolute atomic E-state index is 0.0511. The van der Waals surface area contributed by atoms with Crippen molar-refractivity contribution in [2.75, 3.05) is 26.4 Å². The Kier molecular flexibility index (Phi) is 3.97. The van der Waals surface area contributed by atoms with Gasteiger partial charge in [0.25, 0.3) is 0 Å². The lowest BCUT2D eigenvalue weighted by atomic mass is 10.0. The number of rotatable bonds is 3. The number of carbonyl (C=O) groups is 1. The fourth-order valence-electron chi connectivity index (χ4n) is 2.10. The van der Waals surface area contributed by atoms with Crippen LogP contribution in [-0.2, 0) is 14.3 Å². The van der Waals surface area contributed by atoms with E-state index in [-0.39, 0.29) is 12.0 Å². The fourth-order valence-corrected chi connectivity index (χ4v) is 2.10. The highest BCUT2D eigenvalue weighted by atomic mass is 16.5. The van der Waals surface area contributed by atoms with Gasteiger partial charge in [0.15, 0.2) is 0 Å². The molecule has 2 fully saturated rings. The summed E-state index contributed by atoms with van der Waals surface area (Å²) in [5, 5.41) is 3.14. The van der Waals surface area contributed by atoms with Crippen molar-refractivity contribution in [3.63, 3.8) is 0 Å². The zero-order chi connectivity index (χ0) is 10.5. The smallest absolute Gasteiger partial charge is 0.323 e. The quantitative estimate of drug-likeness (QED) is 0.701. The maximum atomic E-state index is 11.6. The third-order valence-electron chi connectivity index (χ3n) is 3.15. The second kappa shape index (κ2) is 5.47. The third-order valence-corrected chi connectivity index (χ3v) is 3.15. The average Bonchev–Trinajstić information content (AvgIpc) is 2.81. The molecule has 1 N–H and O–H groups in total. The van der Waals surface area contributed by atoms with Gasteiger partial charge in [-0.15, -0.1) is 0 Å². The zero-order valence-corrected chi connectivity index (χ0v) is 9.04. The van der Waals surface area contributed by atoms with Gasteiger partial charge in [0, 0.05) is 13.2 Å². The van der Waals surface area contributed by atoms with Crippen LogP contribution >= 0.6 is 0 Å². The molecule has 2 heterocycles. The van der Waals surface area contributed by atoms with Crippen LogP contribution in [0.5, 0.6) is 0 Å². The molecule has 15 heavy (non-hydrogen) atoms. The topological polar surface area (TPSA) is 47.6 Å². The SMILES string of the molecule is O=C(OCC1CCOCC1)[C@@H]1CCCN1. The lowest BCUT2D eigenvalue weighted by molar-refractivity contribution is -0.148. The summed E-state index contributed by atoms with van der Waals surface area (Å²) in [6, 6.07) is -0.0511. The molecular formula is C11H19NO3. The van der Waals surface area contributed by atoms with E-state index >= 15 is 0 Å². The number of hydrogen-bond acceptors (Lipinski definition) is 4. The van der Waals surface area contributed by atoms with Gasteiger partial charge < -0.3 is 14.8 Å². The highest BCUT2D eigenvalue weighted by Gasteiger charge is 2.24. The van der Waals surface area contributed by atoms with Crippen LogP contribution in [0, 0.1) is 5.92 Å². The van der Waals surface area contributed by atoms with E-state index in [2.05, 4.69) is 5.32 Å². The number of nitrogens with one attached hydrogen (secondary N) is 1. The molecular weight excluding hydrogens is 194 g/mol. The van der Waals surface area contributed by atoms with Crippen molar-refractivity contribution in [1.82, 2.24) is 5.32 Å². The van der Waals surface area contributed by atoms with Crippen molar-refractivity contribution < 1.29 is 14.3 Å². The largest absolute Gasteiger partial charge is 0.464 e. The third kappa shape index (κ3) is 3.18. The van der Waals surface area contributed by atoms with Crippen LogP contribution in [0.2, 0.25) is 0 Å². The minimum Gasteiger partial charge on any atom is -0.464 e. The molecule has 86 valence electrons. The van der Waals surface area contributed by atoms with Gasteiger partial charge in [-0.3, -0.25) is 4.79 Å². The second-order valence-corrected chi connectivity index (χ2v) is 4.33. The molecule has 0 spiro atoms. The van der Waals surface area contributed by atoms with Crippen molar-refractivity contribution in [2.24, 2.45) is 5.92 Å². The van der Waals surface area contributed by atoms with E-state index in [1.807, 2.05) is 0 Å². The molecule has 4 nitrogen and oxygen atoms in total. The fraction of sp³-hybridized carbons (Fsp3) is 0.909. The van der Waals surface area contributed by atoms with Crippen molar-refractivity contribution in [3.8, 4) is 0 Å². The van der Waals surface area contributed by atoms with Gasteiger partial charge in [-0.2, -0.15) is 0 Å². The summed E-state index contributed by atoms with van der Waals surface area (Å²) in [5.74, 6) is 0.433. The van der Waals surface area contributed by atoms with Crippen LogP contribution in [-0.4, -0.2) is 38.4 Å². The molecule has 0 saturated carbocycles. The van der Waals surface area contributed by atoms with Crippen LogP contribution in [0.25, 0.3) is 0 Å². The first-order valence-electron chi connectivity index (χ1n) is 5.84. The molecule has 2 aliphatic rings. The van der Waals surface area contributed by atoms with Gasteiger partial charge >= 0.3 is 5.97 Å². The molecule has 0 aromatic rings. The molecule has 0 unspecified atom stereocenters. The molecule has 2 rings (SSSR count). The second-order valence-electron chi connectivity index (χ2n) is 4.33. The highest BCUT2D eigenvalue weighted by Crippen LogP contribution is 2.15. The van der Waals surface area contributed by atoms with E-state index < -0.39 is 0 Å². The number of ether oxygens (including phenoxy) is 2. The van der Waals surface area contributed by atoms with Crippen LogP contribution in [0.3, 0.4) is 0 Å². The van der Waals surface area contributed by atoms with Crippen molar-refractivity contribution in [1.29, 1.82) is 0 Å². The van der Waals surface area contributed by atoms with Gasteiger partial charge in [-0.05, 0) is 38.1 Å². The van der Waals surface area contributed by atoms with Crippen LogP contribution < -0.4 is 5.32 Å². The molecule has 0 aromatic heterocycles. The van der Waals surface area contributed by atoms with E-state index in [0.717, 1.165) is 45.4 Å². The lowest BCUT2D eigenvalue weighted by Gasteiger charge is -2.22. The Morgan fingerprint density at radius 2 is 2.13 bits per heavy atom. The standard InChI is InChI=1S/C11H19NO3/c13-11(10-2-1-5-12-10)15-8-9-3-6-14-7-4-9/h9-10,12H,1-8H2/t10-/m0/s1. The maximum absolute atomic E-state index is 11.6. The summed E-state index contributed by atoms with van der Waals surface area (Å²) < 4.78 is 10.6. The summed E-state index contributed by atoms with van der Waals surface area (Å²) >= 11 is 0. The number of carbonyl (C=O) groups excluding carboxylic acids is 1. The predicted molar refractivity (Wildman–Crippen MR) is 55.5 cm³/mol. The number of hydrogen-bond donors (Lipinski definition) is 1. The van der Waals surface area contributed by atoms with E-state index in [0.29, 0.717) is 12.5 Å². The van der Waals surface area contributed by atoms with E-state index in [1.165, 1.54) is 0 Å². The maximum Gasteiger partial charge on any atom is 0.323 e. The summed E-state index contributed by atoms with van der Waals surface area (Å²) in [6.45, 7) is 3.13. The Labute approximate surface area is 90.3 Å².